The van der Waals surface area contributed by atoms with E-state index in [9.17, 15) is 0 Å². The largest absolute Gasteiger partial charge is 0.436 e. The molecule has 0 spiro atoms. The topological polar surface area (TPSA) is 51.8 Å². The van der Waals surface area contributed by atoms with Gasteiger partial charge in [0.25, 0.3) is 0 Å². The van der Waals surface area contributed by atoms with Crippen LogP contribution in [0, 0.1) is 0 Å². The van der Waals surface area contributed by atoms with E-state index in [0.717, 1.165) is 55.2 Å². The van der Waals surface area contributed by atoms with Crippen molar-refractivity contribution in [2.45, 2.75) is 0 Å². The van der Waals surface area contributed by atoms with E-state index in [-0.39, 0.29) is 0 Å². The molecular formula is C35H21N3O. The first-order chi connectivity index (χ1) is 19.3. The van der Waals surface area contributed by atoms with Crippen LogP contribution in [0.5, 0.6) is 0 Å². The van der Waals surface area contributed by atoms with Crippen molar-refractivity contribution in [2.24, 2.45) is 0 Å². The second-order valence-electron chi connectivity index (χ2n) is 9.70. The number of aromatic nitrogens is 3. The molecule has 39 heavy (non-hydrogen) atoms. The highest BCUT2D eigenvalue weighted by Gasteiger charge is 2.15. The summed E-state index contributed by atoms with van der Waals surface area (Å²) in [5, 5.41) is 5.71. The van der Waals surface area contributed by atoms with Gasteiger partial charge in [-0.1, -0.05) is 91.0 Å². The van der Waals surface area contributed by atoms with Crippen molar-refractivity contribution in [3.63, 3.8) is 0 Å². The lowest BCUT2D eigenvalue weighted by atomic mass is 9.99. The van der Waals surface area contributed by atoms with Gasteiger partial charge in [0, 0.05) is 27.5 Å². The van der Waals surface area contributed by atoms with E-state index in [1.54, 1.807) is 0 Å². The molecule has 0 unspecified atom stereocenters. The van der Waals surface area contributed by atoms with Gasteiger partial charge in [-0.25, -0.2) is 15.0 Å². The summed E-state index contributed by atoms with van der Waals surface area (Å²) < 4.78 is 5.98. The summed E-state index contributed by atoms with van der Waals surface area (Å²) in [7, 11) is 0. The smallest absolute Gasteiger partial charge is 0.227 e. The van der Waals surface area contributed by atoms with E-state index in [0.29, 0.717) is 11.7 Å². The summed E-state index contributed by atoms with van der Waals surface area (Å²) in [6.07, 6.45) is 0. The lowest BCUT2D eigenvalue weighted by Crippen LogP contribution is -1.96. The molecule has 0 aliphatic carbocycles. The van der Waals surface area contributed by atoms with Crippen molar-refractivity contribution < 1.29 is 4.42 Å². The molecule has 182 valence electrons. The van der Waals surface area contributed by atoms with Crippen molar-refractivity contribution >= 4 is 43.5 Å². The summed E-state index contributed by atoms with van der Waals surface area (Å²) in [4.78, 5) is 14.9. The first-order valence-electron chi connectivity index (χ1n) is 13.0. The average molecular weight is 500 g/mol. The molecule has 8 rings (SSSR count). The van der Waals surface area contributed by atoms with Crippen LogP contribution >= 0.6 is 0 Å². The summed E-state index contributed by atoms with van der Waals surface area (Å²) in [5.41, 5.74) is 6.42. The predicted octanol–water partition coefficient (Wildman–Crippen LogP) is 9.08. The van der Waals surface area contributed by atoms with E-state index in [1.807, 2.05) is 48.5 Å². The highest BCUT2D eigenvalue weighted by molar-refractivity contribution is 6.10. The minimum Gasteiger partial charge on any atom is -0.436 e. The summed E-state index contributed by atoms with van der Waals surface area (Å²) >= 11 is 0. The molecule has 4 nitrogen and oxygen atoms in total. The lowest BCUT2D eigenvalue weighted by molar-refractivity contribution is 0.620. The second kappa shape index (κ2) is 8.61. The average Bonchev–Trinajstić information content (AvgIpc) is 3.45. The third kappa shape index (κ3) is 3.65. The van der Waals surface area contributed by atoms with Crippen LogP contribution in [0.3, 0.4) is 0 Å². The van der Waals surface area contributed by atoms with Crippen LogP contribution in [0.25, 0.3) is 77.6 Å². The first-order valence-corrected chi connectivity index (χ1v) is 13.0. The van der Waals surface area contributed by atoms with Gasteiger partial charge in [0.1, 0.15) is 5.52 Å². The van der Waals surface area contributed by atoms with Gasteiger partial charge in [-0.3, -0.25) is 0 Å². The zero-order valence-electron chi connectivity index (χ0n) is 20.9. The van der Waals surface area contributed by atoms with Gasteiger partial charge < -0.3 is 4.42 Å². The molecule has 0 N–H and O–H groups in total. The van der Waals surface area contributed by atoms with Crippen molar-refractivity contribution in [2.75, 3.05) is 0 Å². The molecule has 0 bridgehead atoms. The van der Waals surface area contributed by atoms with E-state index in [2.05, 4.69) is 83.8 Å². The second-order valence-corrected chi connectivity index (χ2v) is 9.70. The monoisotopic (exact) mass is 499 g/mol. The summed E-state index contributed by atoms with van der Waals surface area (Å²) in [6.45, 7) is 0. The van der Waals surface area contributed by atoms with Crippen LogP contribution in [0.2, 0.25) is 0 Å². The third-order valence-corrected chi connectivity index (χ3v) is 7.30. The van der Waals surface area contributed by atoms with Crippen LogP contribution < -0.4 is 0 Å². The predicted molar refractivity (Wildman–Crippen MR) is 158 cm³/mol. The van der Waals surface area contributed by atoms with Crippen LogP contribution in [0.1, 0.15) is 0 Å². The standard InChI is InChI=1S/C35H21N3O/c1-2-9-26-21-27(18-13-22(26)7-1)32-29-20-19-23-8-3-4-10-28(23)33(29)38-34(37-32)24-14-16-25(17-15-24)35-36-30-11-5-6-12-31(30)39-35/h1-21H. The Morgan fingerprint density at radius 1 is 0.462 bits per heavy atom. The lowest BCUT2D eigenvalue weighted by Gasteiger charge is -2.12. The highest BCUT2D eigenvalue weighted by Crippen LogP contribution is 2.35. The van der Waals surface area contributed by atoms with Gasteiger partial charge in [0.15, 0.2) is 11.4 Å². The highest BCUT2D eigenvalue weighted by atomic mass is 16.3. The van der Waals surface area contributed by atoms with Gasteiger partial charge in [-0.15, -0.1) is 0 Å². The molecular weight excluding hydrogens is 478 g/mol. The maximum absolute atomic E-state index is 5.98. The van der Waals surface area contributed by atoms with Gasteiger partial charge in [-0.2, -0.15) is 0 Å². The maximum atomic E-state index is 5.98. The Labute approximate surface area is 224 Å². The fourth-order valence-corrected chi connectivity index (χ4v) is 5.31. The molecule has 0 aliphatic heterocycles. The van der Waals surface area contributed by atoms with Crippen LogP contribution in [0.15, 0.2) is 132 Å². The summed E-state index contributed by atoms with van der Waals surface area (Å²) in [5.74, 6) is 1.29. The summed E-state index contributed by atoms with van der Waals surface area (Å²) in [6, 6.07) is 43.6. The molecule has 4 heteroatoms. The van der Waals surface area contributed by atoms with Crippen molar-refractivity contribution in [3.8, 4) is 34.1 Å². The number of hydrogen-bond acceptors (Lipinski definition) is 4. The molecule has 0 radical (unpaired) electrons. The van der Waals surface area contributed by atoms with Gasteiger partial charge in [0.05, 0.1) is 11.2 Å². The Bertz CT molecular complexity index is 2140. The molecule has 0 aliphatic rings. The van der Waals surface area contributed by atoms with Crippen molar-refractivity contribution in [1.29, 1.82) is 0 Å². The van der Waals surface area contributed by atoms with Gasteiger partial charge in [0.2, 0.25) is 5.89 Å². The SMILES string of the molecule is c1ccc2cc(-c3nc(-c4ccc(-c5nc6ccccc6o5)cc4)nc4c3ccc3ccccc34)ccc2c1. The Morgan fingerprint density at radius 2 is 1.15 bits per heavy atom. The fraction of sp³-hybridized carbons (Fsp3) is 0. The minimum absolute atomic E-state index is 0.602. The zero-order valence-corrected chi connectivity index (χ0v) is 20.9. The van der Waals surface area contributed by atoms with Gasteiger partial charge in [-0.05, 0) is 52.6 Å². The molecule has 2 heterocycles. The number of benzene rings is 6. The number of hydrogen-bond donors (Lipinski definition) is 0. The molecule has 0 saturated carbocycles. The Balaban J connectivity index is 1.32. The normalized spacial score (nSPS) is 11.6. The van der Waals surface area contributed by atoms with E-state index in [4.69, 9.17) is 14.4 Å². The quantitative estimate of drug-likeness (QED) is 0.228. The third-order valence-electron chi connectivity index (χ3n) is 7.30. The number of rotatable bonds is 3. The van der Waals surface area contributed by atoms with E-state index >= 15 is 0 Å². The Kier molecular flexibility index (Phi) is 4.79. The first kappa shape index (κ1) is 21.7. The molecule has 0 atom stereocenters. The molecule has 0 saturated heterocycles. The van der Waals surface area contributed by atoms with E-state index in [1.165, 1.54) is 10.8 Å². The minimum atomic E-state index is 0.602. The Hall–Kier alpha value is -5.35. The molecule has 0 amide bonds. The fourth-order valence-electron chi connectivity index (χ4n) is 5.31. The number of fused-ring (bicyclic) bond motifs is 5. The van der Waals surface area contributed by atoms with Gasteiger partial charge >= 0.3 is 0 Å². The molecule has 2 aromatic heterocycles. The zero-order chi connectivity index (χ0) is 25.8. The maximum Gasteiger partial charge on any atom is 0.227 e. The van der Waals surface area contributed by atoms with Crippen LogP contribution in [-0.4, -0.2) is 15.0 Å². The van der Waals surface area contributed by atoms with E-state index < -0.39 is 0 Å². The number of oxazole rings is 1. The van der Waals surface area contributed by atoms with Crippen LogP contribution in [0.4, 0.5) is 0 Å². The van der Waals surface area contributed by atoms with Crippen molar-refractivity contribution in [3.05, 3.63) is 127 Å². The van der Waals surface area contributed by atoms with Crippen LogP contribution in [-0.2, 0) is 0 Å². The van der Waals surface area contributed by atoms with Crippen molar-refractivity contribution in [1.82, 2.24) is 15.0 Å². The number of nitrogens with zero attached hydrogens (tertiary/aromatic N) is 3. The Morgan fingerprint density at radius 3 is 2.03 bits per heavy atom. The molecule has 0 fully saturated rings. The molecule has 6 aromatic carbocycles. The molecule has 8 aromatic rings. The number of para-hydroxylation sites is 2.